The van der Waals surface area contributed by atoms with Crippen molar-refractivity contribution in [2.45, 2.75) is 43.3 Å². The molecule has 236 valence electrons. The van der Waals surface area contributed by atoms with Crippen LogP contribution in [0.15, 0.2) is 53.4 Å². The number of carbonyl (C=O) groups is 2. The van der Waals surface area contributed by atoms with E-state index in [0.29, 0.717) is 12.0 Å². The second-order valence-corrected chi connectivity index (χ2v) is 12.8. The third-order valence-corrected chi connectivity index (χ3v) is 8.40. The number of carboxylic acids is 1. The number of carbonyl (C=O) groups excluding carboxylic acids is 1. The van der Waals surface area contributed by atoms with Crippen molar-refractivity contribution in [1.82, 2.24) is 0 Å². The van der Waals surface area contributed by atoms with Gasteiger partial charge in [-0.15, -0.1) is 0 Å². The van der Waals surface area contributed by atoms with E-state index in [1.165, 1.54) is 61.4 Å². The molecule has 0 saturated carbocycles. The van der Waals surface area contributed by atoms with Crippen LogP contribution in [0.3, 0.4) is 0 Å². The van der Waals surface area contributed by atoms with Crippen LogP contribution in [-0.4, -0.2) is 51.9 Å². The van der Waals surface area contributed by atoms with Gasteiger partial charge >= 0.3 is 12.1 Å². The number of fused-ring (bicyclic) bond motifs is 1. The van der Waals surface area contributed by atoms with Crippen LogP contribution in [0, 0.1) is 6.92 Å². The van der Waals surface area contributed by atoms with Crippen LogP contribution in [0.1, 0.15) is 41.1 Å². The summed E-state index contributed by atoms with van der Waals surface area (Å²) in [5, 5.41) is 12.3. The van der Waals surface area contributed by atoms with Gasteiger partial charge in [-0.1, -0.05) is 23.7 Å². The lowest BCUT2D eigenvalue weighted by Gasteiger charge is -2.28. The van der Waals surface area contributed by atoms with Gasteiger partial charge in [0.15, 0.2) is 9.84 Å². The van der Waals surface area contributed by atoms with Gasteiger partial charge in [-0.3, -0.25) is 9.59 Å². The van der Waals surface area contributed by atoms with Gasteiger partial charge in [-0.25, -0.2) is 8.42 Å². The molecule has 44 heavy (non-hydrogen) atoms. The number of aliphatic carboxylic acids is 1. The Morgan fingerprint density at radius 3 is 2.50 bits per heavy atom. The summed E-state index contributed by atoms with van der Waals surface area (Å²) in [4.78, 5) is 26.5. The second-order valence-electron chi connectivity index (χ2n) is 10.3. The summed E-state index contributed by atoms with van der Waals surface area (Å²) >= 11 is 6.22. The van der Waals surface area contributed by atoms with Crippen molar-refractivity contribution < 1.29 is 45.8 Å². The van der Waals surface area contributed by atoms with Crippen molar-refractivity contribution in [1.29, 1.82) is 0 Å². The van der Waals surface area contributed by atoms with Crippen LogP contribution < -0.4 is 19.7 Å². The highest BCUT2D eigenvalue weighted by Gasteiger charge is 2.38. The molecule has 1 heterocycles. The fourth-order valence-electron chi connectivity index (χ4n) is 4.95. The Morgan fingerprint density at radius 2 is 1.86 bits per heavy atom. The third kappa shape index (κ3) is 7.56. The summed E-state index contributed by atoms with van der Waals surface area (Å²) in [5.41, 5.74) is 0.286. The number of rotatable bonds is 11. The Balaban J connectivity index is 1.82. The number of benzene rings is 3. The first-order valence-corrected chi connectivity index (χ1v) is 15.7. The molecule has 0 fully saturated rings. The number of hydrogen-bond donors (Lipinski definition) is 2. The van der Waals surface area contributed by atoms with Crippen LogP contribution in [0.4, 0.5) is 24.5 Å². The number of anilines is 2. The molecule has 3 aromatic carbocycles. The molecule has 1 aliphatic heterocycles. The van der Waals surface area contributed by atoms with Crippen molar-refractivity contribution >= 4 is 44.7 Å². The molecule has 0 spiro atoms. The molecule has 0 radical (unpaired) electrons. The van der Waals surface area contributed by atoms with Gasteiger partial charge in [0.2, 0.25) is 0 Å². The molecule has 1 atom stereocenters. The molecule has 1 aliphatic rings. The lowest BCUT2D eigenvalue weighted by molar-refractivity contribution is -0.138. The van der Waals surface area contributed by atoms with Crippen LogP contribution in [0.2, 0.25) is 5.02 Å². The topological polar surface area (TPSA) is 122 Å². The monoisotopic (exact) mass is 654 g/mol. The van der Waals surface area contributed by atoms with Gasteiger partial charge in [0.1, 0.15) is 17.5 Å². The Morgan fingerprint density at radius 1 is 1.14 bits per heavy atom. The van der Waals surface area contributed by atoms with Gasteiger partial charge in [0, 0.05) is 47.2 Å². The van der Waals surface area contributed by atoms with E-state index in [-0.39, 0.29) is 69.9 Å². The van der Waals surface area contributed by atoms with E-state index in [4.69, 9.17) is 26.2 Å². The highest BCUT2D eigenvalue weighted by Crippen LogP contribution is 2.41. The number of alkyl halides is 3. The SMILES string of the molecule is COc1cc(NC(C(=O)N2CCc3cc(C)c(C(F)(F)F)cc32)c2ccc(Cl)cc2OCCCC(=O)O)cc(S(C)(=O)=O)c1. The average molecular weight is 655 g/mol. The molecule has 4 rings (SSSR count). The van der Waals surface area contributed by atoms with Crippen molar-refractivity contribution in [2.24, 2.45) is 0 Å². The van der Waals surface area contributed by atoms with E-state index >= 15 is 0 Å². The zero-order chi connectivity index (χ0) is 32.4. The summed E-state index contributed by atoms with van der Waals surface area (Å²) in [6, 6.07) is 9.63. The van der Waals surface area contributed by atoms with Crippen LogP contribution in [-0.2, 0) is 32.0 Å². The second kappa shape index (κ2) is 12.9. The number of nitrogens with one attached hydrogen (secondary N) is 1. The van der Waals surface area contributed by atoms with E-state index in [1.54, 1.807) is 0 Å². The van der Waals surface area contributed by atoms with Gasteiger partial charge < -0.3 is 24.8 Å². The van der Waals surface area contributed by atoms with Gasteiger partial charge in [-0.2, -0.15) is 13.2 Å². The molecule has 14 heteroatoms. The van der Waals surface area contributed by atoms with Gasteiger partial charge in [0.25, 0.3) is 5.91 Å². The van der Waals surface area contributed by atoms with Gasteiger partial charge in [0.05, 0.1) is 24.2 Å². The highest BCUT2D eigenvalue weighted by atomic mass is 35.5. The van der Waals surface area contributed by atoms with Crippen LogP contribution >= 0.6 is 11.6 Å². The smallest absolute Gasteiger partial charge is 0.416 e. The van der Waals surface area contributed by atoms with Gasteiger partial charge in [-0.05, 0) is 61.2 Å². The minimum atomic E-state index is -4.64. The lowest BCUT2D eigenvalue weighted by atomic mass is 10.0. The molecular formula is C30H30ClF3N2O7S. The maximum absolute atomic E-state index is 14.3. The molecular weight excluding hydrogens is 625 g/mol. The van der Waals surface area contributed by atoms with E-state index in [1.807, 2.05) is 0 Å². The van der Waals surface area contributed by atoms with E-state index in [9.17, 15) is 31.2 Å². The zero-order valence-electron chi connectivity index (χ0n) is 24.0. The standard InChI is InChI=1S/C30H30ClF3N2O7S/c1-17-11-18-8-9-36(25(18)16-24(17)30(32,33)34)29(39)28(35-20-13-21(42-2)15-22(14-20)44(3,40)41)23-7-6-19(31)12-26(23)43-10-4-5-27(37)38/h6-7,11-16,28,35H,4-5,8-10H2,1-3H3,(H,37,38). The number of amides is 1. The predicted molar refractivity (Wildman–Crippen MR) is 159 cm³/mol. The van der Waals surface area contributed by atoms with Crippen LogP contribution in [0.5, 0.6) is 11.5 Å². The molecule has 1 unspecified atom stereocenters. The zero-order valence-corrected chi connectivity index (χ0v) is 25.6. The van der Waals surface area contributed by atoms with E-state index in [0.717, 1.165) is 12.3 Å². The van der Waals surface area contributed by atoms with Crippen molar-refractivity contribution in [2.75, 3.05) is 36.7 Å². The molecule has 0 saturated heterocycles. The summed E-state index contributed by atoms with van der Waals surface area (Å²) in [6.45, 7) is 1.43. The highest BCUT2D eigenvalue weighted by molar-refractivity contribution is 7.90. The molecule has 3 aromatic rings. The molecule has 2 N–H and O–H groups in total. The molecule has 0 aromatic heterocycles. The van der Waals surface area contributed by atoms with Crippen molar-refractivity contribution in [3.05, 3.63) is 75.8 Å². The maximum Gasteiger partial charge on any atom is 0.416 e. The third-order valence-electron chi connectivity index (χ3n) is 7.07. The Hall–Kier alpha value is -3.97. The number of nitrogens with zero attached hydrogens (tertiary/aromatic N) is 1. The van der Waals surface area contributed by atoms with E-state index in [2.05, 4.69) is 5.32 Å². The van der Waals surface area contributed by atoms with E-state index < -0.39 is 39.5 Å². The minimum absolute atomic E-state index is 0.0291. The number of ether oxygens (including phenoxy) is 2. The number of hydrogen-bond acceptors (Lipinski definition) is 7. The lowest BCUT2D eigenvalue weighted by Crippen LogP contribution is -2.37. The first kappa shape index (κ1) is 32.9. The maximum atomic E-state index is 14.3. The number of carboxylic acid groups (broad SMARTS) is 1. The summed E-state index contributed by atoms with van der Waals surface area (Å²) < 4.78 is 77.3. The molecule has 9 nitrogen and oxygen atoms in total. The fraction of sp³-hybridized carbons (Fsp3) is 0.333. The summed E-state index contributed by atoms with van der Waals surface area (Å²) in [5.74, 6) is -1.34. The minimum Gasteiger partial charge on any atom is -0.497 e. The first-order chi connectivity index (χ1) is 20.6. The first-order valence-electron chi connectivity index (χ1n) is 13.4. The Kier molecular flexibility index (Phi) is 9.69. The molecule has 1 amide bonds. The quantitative estimate of drug-likeness (QED) is 0.239. The average Bonchev–Trinajstić information content (AvgIpc) is 3.35. The number of aryl methyl sites for hydroxylation is 1. The number of methoxy groups -OCH3 is 1. The Bertz CT molecular complexity index is 1700. The largest absolute Gasteiger partial charge is 0.497 e. The van der Waals surface area contributed by atoms with Crippen LogP contribution in [0.25, 0.3) is 0 Å². The molecule has 0 bridgehead atoms. The predicted octanol–water partition coefficient (Wildman–Crippen LogP) is 6.07. The molecule has 0 aliphatic carbocycles. The Labute approximate surface area is 257 Å². The summed E-state index contributed by atoms with van der Waals surface area (Å²) in [6.07, 6.45) is -3.31. The van der Waals surface area contributed by atoms with Crippen molar-refractivity contribution in [3.63, 3.8) is 0 Å². The normalized spacial score (nSPS) is 13.8. The number of halogens is 4. The van der Waals surface area contributed by atoms with Crippen molar-refractivity contribution in [3.8, 4) is 11.5 Å². The number of sulfone groups is 1. The summed E-state index contributed by atoms with van der Waals surface area (Å²) in [7, 11) is -2.36. The fourth-order valence-corrected chi connectivity index (χ4v) is 5.79.